The number of hydrogen-bond acceptors (Lipinski definition) is 4. The van der Waals surface area contributed by atoms with E-state index in [0.717, 1.165) is 11.1 Å². The fourth-order valence-corrected chi connectivity index (χ4v) is 4.28. The molecule has 0 unspecified atom stereocenters. The number of thiocarbonyl (C=S) groups is 1. The van der Waals surface area contributed by atoms with Gasteiger partial charge < -0.3 is 14.4 Å². The summed E-state index contributed by atoms with van der Waals surface area (Å²) in [6.07, 6.45) is 1.76. The second kappa shape index (κ2) is 9.72. The molecule has 1 amide bonds. The van der Waals surface area contributed by atoms with E-state index in [0.29, 0.717) is 32.5 Å². The molecule has 0 radical (unpaired) electrons. The molecule has 0 aromatic heterocycles. The van der Waals surface area contributed by atoms with Gasteiger partial charge in [-0.1, -0.05) is 30.3 Å². The zero-order chi connectivity index (χ0) is 23.5. The molecular formula is C25H20BrFN2O3S. The first kappa shape index (κ1) is 22.9. The molecular weight excluding hydrogens is 507 g/mol. The normalized spacial score (nSPS) is 14.8. The molecule has 0 N–H and O–H groups in total. The van der Waals surface area contributed by atoms with E-state index in [1.165, 1.54) is 17.0 Å². The van der Waals surface area contributed by atoms with Gasteiger partial charge in [0, 0.05) is 7.05 Å². The van der Waals surface area contributed by atoms with E-state index in [4.69, 9.17) is 21.7 Å². The standard InChI is InChI=1S/C25H20BrFN2O3S/c1-28-21(24(30)29(25(28)33)19-6-4-3-5-7-19)13-17-12-20(26)23(22(14-17)31-2)32-15-16-8-10-18(27)11-9-16/h3-14H,15H2,1-2H3/b21-13-. The van der Waals surface area contributed by atoms with Crippen LogP contribution in [0, 0.1) is 5.82 Å². The predicted octanol–water partition coefficient (Wildman–Crippen LogP) is 5.78. The van der Waals surface area contributed by atoms with Gasteiger partial charge in [0.25, 0.3) is 5.91 Å². The summed E-state index contributed by atoms with van der Waals surface area (Å²) in [7, 11) is 3.31. The van der Waals surface area contributed by atoms with Gasteiger partial charge in [-0.25, -0.2) is 4.39 Å². The third-order valence-corrected chi connectivity index (χ3v) is 6.17. The average Bonchev–Trinajstić information content (AvgIpc) is 3.02. The number of benzene rings is 3. The van der Waals surface area contributed by atoms with Crippen molar-refractivity contribution in [2.45, 2.75) is 6.61 Å². The number of likely N-dealkylation sites (N-methyl/N-ethyl adjacent to an activating group) is 1. The highest BCUT2D eigenvalue weighted by Crippen LogP contribution is 2.38. The number of carbonyl (C=O) groups excluding carboxylic acids is 1. The van der Waals surface area contributed by atoms with E-state index >= 15 is 0 Å². The summed E-state index contributed by atoms with van der Waals surface area (Å²) < 4.78 is 25.2. The number of carbonyl (C=O) groups is 1. The van der Waals surface area contributed by atoms with E-state index in [-0.39, 0.29) is 18.3 Å². The van der Waals surface area contributed by atoms with E-state index in [9.17, 15) is 9.18 Å². The third kappa shape index (κ3) is 4.77. The van der Waals surface area contributed by atoms with Crippen molar-refractivity contribution in [2.75, 3.05) is 19.1 Å². The minimum Gasteiger partial charge on any atom is -0.493 e. The highest BCUT2D eigenvalue weighted by Gasteiger charge is 2.36. The smallest absolute Gasteiger partial charge is 0.281 e. The Balaban J connectivity index is 1.61. The highest BCUT2D eigenvalue weighted by molar-refractivity contribution is 9.10. The van der Waals surface area contributed by atoms with E-state index in [2.05, 4.69) is 15.9 Å². The van der Waals surface area contributed by atoms with Crippen molar-refractivity contribution in [3.8, 4) is 11.5 Å². The molecule has 3 aromatic carbocycles. The zero-order valence-electron chi connectivity index (χ0n) is 17.9. The minimum absolute atomic E-state index is 0.208. The first-order chi connectivity index (χ1) is 15.9. The minimum atomic E-state index is -0.299. The van der Waals surface area contributed by atoms with Crippen molar-refractivity contribution in [2.24, 2.45) is 0 Å². The molecule has 168 valence electrons. The van der Waals surface area contributed by atoms with Gasteiger partial charge in [-0.15, -0.1) is 0 Å². The summed E-state index contributed by atoms with van der Waals surface area (Å²) in [5.74, 6) is 0.498. The number of hydrogen-bond donors (Lipinski definition) is 0. The predicted molar refractivity (Wildman–Crippen MR) is 134 cm³/mol. The number of ether oxygens (including phenoxy) is 2. The topological polar surface area (TPSA) is 42.0 Å². The lowest BCUT2D eigenvalue weighted by molar-refractivity contribution is -0.114. The van der Waals surface area contributed by atoms with Gasteiger partial charge >= 0.3 is 0 Å². The monoisotopic (exact) mass is 526 g/mol. The fraction of sp³-hybridized carbons (Fsp3) is 0.120. The van der Waals surface area contributed by atoms with E-state index in [1.54, 1.807) is 43.3 Å². The van der Waals surface area contributed by atoms with Crippen molar-refractivity contribution in [1.29, 1.82) is 0 Å². The molecule has 5 nitrogen and oxygen atoms in total. The molecule has 4 rings (SSSR count). The second-order valence-electron chi connectivity index (χ2n) is 7.30. The van der Waals surface area contributed by atoms with Crippen molar-refractivity contribution < 1.29 is 18.7 Å². The summed E-state index contributed by atoms with van der Waals surface area (Å²) in [5, 5.41) is 0.405. The summed E-state index contributed by atoms with van der Waals surface area (Å²) >= 11 is 9.05. The number of amides is 1. The van der Waals surface area contributed by atoms with Crippen LogP contribution in [0.15, 0.2) is 76.9 Å². The summed E-state index contributed by atoms with van der Waals surface area (Å²) in [6.45, 7) is 0.247. The van der Waals surface area contributed by atoms with E-state index in [1.807, 2.05) is 36.4 Å². The molecule has 1 saturated heterocycles. The molecule has 8 heteroatoms. The number of para-hydroxylation sites is 1. The van der Waals surface area contributed by atoms with Crippen molar-refractivity contribution in [3.63, 3.8) is 0 Å². The Morgan fingerprint density at radius 3 is 2.45 bits per heavy atom. The number of rotatable bonds is 6. The largest absolute Gasteiger partial charge is 0.493 e. The Bertz CT molecular complexity index is 1230. The SMILES string of the molecule is COc1cc(/C=C2/C(=O)N(c3ccccc3)C(=S)N2C)cc(Br)c1OCc1ccc(F)cc1. The summed E-state index contributed by atoms with van der Waals surface area (Å²) in [6, 6.07) is 19.0. The van der Waals surface area contributed by atoms with Gasteiger partial charge in [-0.05, 0) is 81.7 Å². The molecule has 0 spiro atoms. The molecule has 0 aliphatic carbocycles. The maximum Gasteiger partial charge on any atom is 0.281 e. The molecule has 1 fully saturated rings. The van der Waals surface area contributed by atoms with Gasteiger partial charge in [0.15, 0.2) is 16.6 Å². The number of nitrogens with zero attached hydrogens (tertiary/aromatic N) is 2. The molecule has 0 atom stereocenters. The first-order valence-electron chi connectivity index (χ1n) is 10.0. The van der Waals surface area contributed by atoms with Gasteiger partial charge in [0.05, 0.1) is 17.3 Å². The zero-order valence-corrected chi connectivity index (χ0v) is 20.3. The van der Waals surface area contributed by atoms with Crippen LogP contribution in [0.25, 0.3) is 6.08 Å². The van der Waals surface area contributed by atoms with Crippen LogP contribution in [0.4, 0.5) is 10.1 Å². The Morgan fingerprint density at radius 1 is 1.09 bits per heavy atom. The number of halogens is 2. The van der Waals surface area contributed by atoms with Gasteiger partial charge in [-0.3, -0.25) is 9.69 Å². The third-order valence-electron chi connectivity index (χ3n) is 5.13. The summed E-state index contributed by atoms with van der Waals surface area (Å²) in [5.41, 5.74) is 2.72. The van der Waals surface area contributed by atoms with Crippen LogP contribution < -0.4 is 14.4 Å². The van der Waals surface area contributed by atoms with Crippen LogP contribution in [0.5, 0.6) is 11.5 Å². The molecule has 1 aliphatic heterocycles. The first-order valence-corrected chi connectivity index (χ1v) is 11.2. The molecule has 33 heavy (non-hydrogen) atoms. The molecule has 0 bridgehead atoms. The van der Waals surface area contributed by atoms with Crippen LogP contribution in [0.2, 0.25) is 0 Å². The molecule has 1 heterocycles. The maximum atomic E-state index is 13.2. The number of anilines is 1. The van der Waals surface area contributed by atoms with Gasteiger partial charge in [0.1, 0.15) is 18.1 Å². The maximum absolute atomic E-state index is 13.2. The van der Waals surface area contributed by atoms with Crippen molar-refractivity contribution in [1.82, 2.24) is 4.90 Å². The van der Waals surface area contributed by atoms with Crippen molar-refractivity contribution in [3.05, 3.63) is 93.8 Å². The molecule has 3 aromatic rings. The fourth-order valence-electron chi connectivity index (χ4n) is 3.42. The van der Waals surface area contributed by atoms with Crippen LogP contribution >= 0.6 is 28.1 Å². The Labute approximate surface area is 205 Å². The molecule has 1 aliphatic rings. The molecule has 0 saturated carbocycles. The summed E-state index contributed by atoms with van der Waals surface area (Å²) in [4.78, 5) is 16.3. The lowest BCUT2D eigenvalue weighted by atomic mass is 10.1. The highest BCUT2D eigenvalue weighted by atomic mass is 79.9. The van der Waals surface area contributed by atoms with Crippen LogP contribution in [-0.4, -0.2) is 30.1 Å². The Hall–Kier alpha value is -3.23. The average molecular weight is 527 g/mol. The Kier molecular flexibility index (Phi) is 6.76. The van der Waals surface area contributed by atoms with Crippen molar-refractivity contribution >= 4 is 50.9 Å². The lowest BCUT2D eigenvalue weighted by Crippen LogP contribution is -2.30. The van der Waals surface area contributed by atoms with Gasteiger partial charge in [0.2, 0.25) is 0 Å². The van der Waals surface area contributed by atoms with Gasteiger partial charge in [-0.2, -0.15) is 0 Å². The van der Waals surface area contributed by atoms with E-state index < -0.39 is 0 Å². The lowest BCUT2D eigenvalue weighted by Gasteiger charge is -2.16. The second-order valence-corrected chi connectivity index (χ2v) is 8.52. The van der Waals surface area contributed by atoms with Crippen LogP contribution in [0.3, 0.4) is 0 Å². The number of methoxy groups -OCH3 is 1. The van der Waals surface area contributed by atoms with Crippen LogP contribution in [0.1, 0.15) is 11.1 Å². The Morgan fingerprint density at radius 2 is 1.79 bits per heavy atom. The quantitative estimate of drug-likeness (QED) is 0.300. The van der Waals surface area contributed by atoms with Crippen LogP contribution in [-0.2, 0) is 11.4 Å².